The average Bonchev–Trinajstić information content (AvgIpc) is 2.35. The molecule has 6 heteroatoms. The normalized spacial score (nSPS) is 9.12. The van der Waals surface area contributed by atoms with E-state index in [1.165, 1.54) is 14.2 Å². The largest absolute Gasteiger partial charge is 0.452 e. The molecule has 0 spiro atoms. The number of carbonyl (C=O) groups is 2. The fraction of sp³-hybridized carbons (Fsp3) is 0.200. The molecule has 0 unspecified atom stereocenters. The van der Waals surface area contributed by atoms with Crippen LogP contribution in [0.25, 0.3) is 0 Å². The number of amides is 2. The molecule has 0 heterocycles. The Morgan fingerprint density at radius 2 is 1.75 bits per heavy atom. The van der Waals surface area contributed by atoms with E-state index in [9.17, 15) is 9.59 Å². The Hall–Kier alpha value is -2.24. The van der Waals surface area contributed by atoms with Gasteiger partial charge in [-0.15, -0.1) is 0 Å². The predicted octanol–water partition coefficient (Wildman–Crippen LogP) is 1.53. The van der Waals surface area contributed by atoms with Gasteiger partial charge in [-0.05, 0) is 12.1 Å². The van der Waals surface area contributed by atoms with Crippen molar-refractivity contribution in [1.29, 1.82) is 0 Å². The molecule has 1 aromatic rings. The van der Waals surface area contributed by atoms with Crippen LogP contribution in [0.5, 0.6) is 0 Å². The van der Waals surface area contributed by atoms with Crippen molar-refractivity contribution in [2.24, 2.45) is 0 Å². The quantitative estimate of drug-likeness (QED) is 0.734. The summed E-state index contributed by atoms with van der Waals surface area (Å²) in [5.74, 6) is 0. The number of nitrogens with one attached hydrogen (secondary N) is 1. The van der Waals surface area contributed by atoms with Gasteiger partial charge in [0.15, 0.2) is 0 Å². The van der Waals surface area contributed by atoms with E-state index in [0.29, 0.717) is 5.69 Å². The van der Waals surface area contributed by atoms with Gasteiger partial charge >= 0.3 is 12.2 Å². The zero-order valence-electron chi connectivity index (χ0n) is 8.97. The van der Waals surface area contributed by atoms with E-state index in [1.54, 1.807) is 30.3 Å². The van der Waals surface area contributed by atoms with E-state index in [0.717, 1.165) is 5.01 Å². The molecular weight excluding hydrogens is 212 g/mol. The topological polar surface area (TPSA) is 67.9 Å². The Morgan fingerprint density at radius 3 is 2.25 bits per heavy atom. The van der Waals surface area contributed by atoms with Crippen LogP contribution in [0.1, 0.15) is 0 Å². The molecule has 0 bridgehead atoms. The smallest absolute Gasteiger partial charge is 0.433 e. The zero-order valence-corrected chi connectivity index (χ0v) is 8.97. The predicted molar refractivity (Wildman–Crippen MR) is 56.9 cm³/mol. The Morgan fingerprint density at radius 1 is 1.12 bits per heavy atom. The maximum atomic E-state index is 11.4. The number of hydrogen-bond donors (Lipinski definition) is 1. The summed E-state index contributed by atoms with van der Waals surface area (Å²) in [4.78, 5) is 22.4. The van der Waals surface area contributed by atoms with Crippen molar-refractivity contribution >= 4 is 17.9 Å². The molecule has 2 amide bonds. The van der Waals surface area contributed by atoms with Gasteiger partial charge < -0.3 is 9.47 Å². The van der Waals surface area contributed by atoms with Crippen LogP contribution in [0.15, 0.2) is 30.3 Å². The molecule has 0 radical (unpaired) electrons. The minimum Gasteiger partial charge on any atom is -0.452 e. The van der Waals surface area contributed by atoms with Crippen molar-refractivity contribution in [3.8, 4) is 0 Å². The summed E-state index contributed by atoms with van der Waals surface area (Å²) in [5, 5.41) is 0.950. The summed E-state index contributed by atoms with van der Waals surface area (Å²) in [7, 11) is 2.42. The lowest BCUT2D eigenvalue weighted by atomic mass is 10.3. The summed E-state index contributed by atoms with van der Waals surface area (Å²) in [5.41, 5.74) is 2.70. The van der Waals surface area contributed by atoms with E-state index >= 15 is 0 Å². The Balaban J connectivity index is 2.88. The molecule has 0 aliphatic heterocycles. The number of hydrogen-bond acceptors (Lipinski definition) is 4. The van der Waals surface area contributed by atoms with Gasteiger partial charge in [-0.1, -0.05) is 18.2 Å². The third kappa shape index (κ3) is 2.88. The van der Waals surface area contributed by atoms with E-state index in [2.05, 4.69) is 14.9 Å². The van der Waals surface area contributed by atoms with Crippen LogP contribution in [0, 0.1) is 0 Å². The third-order valence-electron chi connectivity index (χ3n) is 1.76. The molecular formula is C10H12N2O4. The number of para-hydroxylation sites is 1. The first-order valence-electron chi connectivity index (χ1n) is 4.46. The van der Waals surface area contributed by atoms with Crippen molar-refractivity contribution < 1.29 is 19.1 Å². The Labute approximate surface area is 92.7 Å². The fourth-order valence-corrected chi connectivity index (χ4v) is 1.02. The molecule has 0 saturated carbocycles. The molecule has 1 N–H and O–H groups in total. The van der Waals surface area contributed by atoms with Crippen LogP contribution in [-0.2, 0) is 9.47 Å². The number of hydrazine groups is 1. The second kappa shape index (κ2) is 5.59. The van der Waals surface area contributed by atoms with Gasteiger partial charge in [0.1, 0.15) is 0 Å². The van der Waals surface area contributed by atoms with Crippen LogP contribution in [0.2, 0.25) is 0 Å². The molecule has 0 saturated heterocycles. The van der Waals surface area contributed by atoms with Crippen molar-refractivity contribution in [2.45, 2.75) is 0 Å². The minimum atomic E-state index is -0.755. The molecule has 86 valence electrons. The minimum absolute atomic E-state index is 0.472. The van der Waals surface area contributed by atoms with Gasteiger partial charge in [0.2, 0.25) is 0 Å². The number of methoxy groups -OCH3 is 2. The molecule has 1 aromatic carbocycles. The van der Waals surface area contributed by atoms with Gasteiger partial charge in [-0.2, -0.15) is 5.01 Å². The maximum absolute atomic E-state index is 11.4. The molecule has 0 fully saturated rings. The van der Waals surface area contributed by atoms with Gasteiger partial charge in [-0.3, -0.25) is 0 Å². The zero-order chi connectivity index (χ0) is 12.0. The second-order valence-electron chi connectivity index (χ2n) is 2.74. The van der Waals surface area contributed by atoms with E-state index in [4.69, 9.17) is 0 Å². The lowest BCUT2D eigenvalue weighted by molar-refractivity contribution is 0.157. The molecule has 16 heavy (non-hydrogen) atoms. The monoisotopic (exact) mass is 224 g/mol. The highest BCUT2D eigenvalue weighted by atomic mass is 16.6. The number of anilines is 1. The van der Waals surface area contributed by atoms with Gasteiger partial charge in [0.25, 0.3) is 0 Å². The molecule has 0 aliphatic rings. The van der Waals surface area contributed by atoms with Crippen molar-refractivity contribution in [3.05, 3.63) is 30.3 Å². The molecule has 0 aromatic heterocycles. The van der Waals surface area contributed by atoms with Gasteiger partial charge in [0.05, 0.1) is 19.9 Å². The second-order valence-corrected chi connectivity index (χ2v) is 2.74. The van der Waals surface area contributed by atoms with E-state index < -0.39 is 12.2 Å². The number of ether oxygens (including phenoxy) is 2. The first kappa shape index (κ1) is 11.8. The Bertz CT molecular complexity index is 366. The number of nitrogens with zero attached hydrogens (tertiary/aromatic N) is 1. The summed E-state index contributed by atoms with van der Waals surface area (Å²) >= 11 is 0. The Kier molecular flexibility index (Phi) is 4.14. The summed E-state index contributed by atoms with van der Waals surface area (Å²) in [6.07, 6.45) is -1.47. The van der Waals surface area contributed by atoms with Crippen LogP contribution >= 0.6 is 0 Å². The molecule has 0 atom stereocenters. The highest BCUT2D eigenvalue weighted by Crippen LogP contribution is 2.11. The van der Waals surface area contributed by atoms with Crippen molar-refractivity contribution in [3.63, 3.8) is 0 Å². The summed E-state index contributed by atoms with van der Waals surface area (Å²) < 4.78 is 8.93. The average molecular weight is 224 g/mol. The number of benzene rings is 1. The summed E-state index contributed by atoms with van der Waals surface area (Å²) in [6.45, 7) is 0. The maximum Gasteiger partial charge on any atom is 0.433 e. The molecule has 1 rings (SSSR count). The first-order chi connectivity index (χ1) is 7.69. The summed E-state index contributed by atoms with van der Waals surface area (Å²) in [6, 6.07) is 8.53. The van der Waals surface area contributed by atoms with Gasteiger partial charge in [-0.25, -0.2) is 15.0 Å². The van der Waals surface area contributed by atoms with E-state index in [-0.39, 0.29) is 0 Å². The van der Waals surface area contributed by atoms with E-state index in [1.807, 2.05) is 0 Å². The van der Waals surface area contributed by atoms with Gasteiger partial charge in [0, 0.05) is 0 Å². The third-order valence-corrected chi connectivity index (χ3v) is 1.76. The van der Waals surface area contributed by atoms with Crippen LogP contribution < -0.4 is 10.4 Å². The lowest BCUT2D eigenvalue weighted by Gasteiger charge is -2.20. The van der Waals surface area contributed by atoms with Crippen molar-refractivity contribution in [2.75, 3.05) is 19.2 Å². The molecule has 0 aliphatic carbocycles. The van der Waals surface area contributed by atoms with Crippen LogP contribution in [-0.4, -0.2) is 26.4 Å². The lowest BCUT2D eigenvalue weighted by Crippen LogP contribution is -2.46. The highest BCUT2D eigenvalue weighted by molar-refractivity contribution is 5.90. The number of rotatable bonds is 1. The van der Waals surface area contributed by atoms with Crippen LogP contribution in [0.4, 0.5) is 15.3 Å². The standard InChI is InChI=1S/C10H12N2O4/c1-15-9(13)11-12(10(14)16-2)8-6-4-3-5-7-8/h3-7H,1-2H3,(H,11,13). The van der Waals surface area contributed by atoms with Crippen molar-refractivity contribution in [1.82, 2.24) is 5.43 Å². The first-order valence-corrected chi connectivity index (χ1v) is 4.46. The van der Waals surface area contributed by atoms with Crippen LogP contribution in [0.3, 0.4) is 0 Å². The SMILES string of the molecule is COC(=O)NN(C(=O)OC)c1ccccc1. The fourth-order valence-electron chi connectivity index (χ4n) is 1.02. The highest BCUT2D eigenvalue weighted by Gasteiger charge is 2.18. The molecule has 6 nitrogen and oxygen atoms in total. The number of carbonyl (C=O) groups excluding carboxylic acids is 2.